The van der Waals surface area contributed by atoms with Crippen molar-refractivity contribution >= 4 is 17.9 Å². The van der Waals surface area contributed by atoms with Crippen molar-refractivity contribution in [3.63, 3.8) is 0 Å². The fourth-order valence-electron chi connectivity index (χ4n) is 10.5. The predicted octanol–water partition coefficient (Wildman–Crippen LogP) is 24.3. The molecule has 0 aromatic carbocycles. The molecule has 6 heteroatoms. The predicted molar refractivity (Wildman–Crippen MR) is 348 cm³/mol. The summed E-state index contributed by atoms with van der Waals surface area (Å²) in [6.07, 6.45) is 88.6. The van der Waals surface area contributed by atoms with Gasteiger partial charge in [0.1, 0.15) is 13.2 Å². The van der Waals surface area contributed by atoms with Gasteiger partial charge in [-0.2, -0.15) is 0 Å². The molecular formula is C74H134O6. The maximum atomic E-state index is 12.9. The maximum Gasteiger partial charge on any atom is 0.306 e. The van der Waals surface area contributed by atoms with Crippen LogP contribution in [0.2, 0.25) is 0 Å². The van der Waals surface area contributed by atoms with Crippen LogP contribution in [0, 0.1) is 0 Å². The van der Waals surface area contributed by atoms with Crippen molar-refractivity contribution in [3.05, 3.63) is 60.8 Å². The van der Waals surface area contributed by atoms with Gasteiger partial charge in [0.2, 0.25) is 0 Å². The Bertz CT molecular complexity index is 1430. The molecule has 0 N–H and O–H groups in total. The summed E-state index contributed by atoms with van der Waals surface area (Å²) in [7, 11) is 0. The lowest BCUT2D eigenvalue weighted by atomic mass is 10.0. The second-order valence-corrected chi connectivity index (χ2v) is 23.8. The van der Waals surface area contributed by atoms with Crippen LogP contribution in [-0.4, -0.2) is 37.2 Å². The van der Waals surface area contributed by atoms with E-state index in [1.165, 1.54) is 225 Å². The van der Waals surface area contributed by atoms with E-state index in [9.17, 15) is 14.4 Å². The molecule has 0 aliphatic rings. The highest BCUT2D eigenvalue weighted by atomic mass is 16.6. The van der Waals surface area contributed by atoms with E-state index in [0.717, 1.165) is 109 Å². The molecule has 0 fully saturated rings. The quantitative estimate of drug-likeness (QED) is 0.0261. The van der Waals surface area contributed by atoms with Crippen molar-refractivity contribution in [2.75, 3.05) is 13.2 Å². The Hall–Kier alpha value is -2.89. The van der Waals surface area contributed by atoms with Gasteiger partial charge in [-0.1, -0.05) is 332 Å². The zero-order valence-electron chi connectivity index (χ0n) is 53.6. The lowest BCUT2D eigenvalue weighted by molar-refractivity contribution is -0.167. The molecule has 0 heterocycles. The van der Waals surface area contributed by atoms with Crippen LogP contribution in [0.15, 0.2) is 60.8 Å². The van der Waals surface area contributed by atoms with E-state index in [1.54, 1.807) is 0 Å². The van der Waals surface area contributed by atoms with Gasteiger partial charge < -0.3 is 14.2 Å². The largest absolute Gasteiger partial charge is 0.462 e. The first-order valence-corrected chi connectivity index (χ1v) is 35.3. The van der Waals surface area contributed by atoms with E-state index in [1.807, 2.05) is 0 Å². The third kappa shape index (κ3) is 65.9. The van der Waals surface area contributed by atoms with E-state index in [4.69, 9.17) is 14.2 Å². The smallest absolute Gasteiger partial charge is 0.306 e. The van der Waals surface area contributed by atoms with E-state index < -0.39 is 6.10 Å². The van der Waals surface area contributed by atoms with Gasteiger partial charge in [0, 0.05) is 19.3 Å². The molecule has 6 nitrogen and oxygen atoms in total. The molecule has 466 valence electrons. The summed E-state index contributed by atoms with van der Waals surface area (Å²) in [6.45, 7) is 6.51. The molecule has 0 amide bonds. The first-order valence-electron chi connectivity index (χ1n) is 35.3. The minimum absolute atomic E-state index is 0.0867. The van der Waals surface area contributed by atoms with Crippen LogP contribution in [0.3, 0.4) is 0 Å². The van der Waals surface area contributed by atoms with Crippen LogP contribution < -0.4 is 0 Å². The highest BCUT2D eigenvalue weighted by molar-refractivity contribution is 5.71. The number of hydrogen-bond donors (Lipinski definition) is 0. The van der Waals surface area contributed by atoms with E-state index >= 15 is 0 Å². The number of rotatable bonds is 65. The number of carbonyl (C=O) groups excluding carboxylic acids is 3. The van der Waals surface area contributed by atoms with Gasteiger partial charge >= 0.3 is 17.9 Å². The molecule has 0 rings (SSSR count). The van der Waals surface area contributed by atoms with E-state index in [0.29, 0.717) is 19.3 Å². The molecule has 0 saturated carbocycles. The molecule has 0 bridgehead atoms. The van der Waals surface area contributed by atoms with Crippen molar-refractivity contribution in [1.82, 2.24) is 0 Å². The van der Waals surface area contributed by atoms with Crippen molar-refractivity contribution in [1.29, 1.82) is 0 Å². The van der Waals surface area contributed by atoms with Gasteiger partial charge in [0.05, 0.1) is 0 Å². The third-order valence-corrected chi connectivity index (χ3v) is 15.8. The minimum Gasteiger partial charge on any atom is -0.462 e. The summed E-state index contributed by atoms with van der Waals surface area (Å²) in [5, 5.41) is 0. The summed E-state index contributed by atoms with van der Waals surface area (Å²) in [5.74, 6) is -0.914. The van der Waals surface area contributed by atoms with Gasteiger partial charge in [-0.3, -0.25) is 14.4 Å². The van der Waals surface area contributed by atoms with Crippen molar-refractivity contribution in [2.45, 2.75) is 380 Å². The highest BCUT2D eigenvalue weighted by Gasteiger charge is 2.19. The molecule has 0 aliphatic carbocycles. The van der Waals surface area contributed by atoms with Crippen LogP contribution in [0.5, 0.6) is 0 Å². The molecule has 80 heavy (non-hydrogen) atoms. The van der Waals surface area contributed by atoms with Gasteiger partial charge in [0.15, 0.2) is 6.10 Å². The Morgan fingerprint density at radius 2 is 0.487 bits per heavy atom. The maximum absolute atomic E-state index is 12.9. The van der Waals surface area contributed by atoms with Crippen molar-refractivity contribution in [3.8, 4) is 0 Å². The minimum atomic E-state index is -0.793. The molecule has 0 aromatic heterocycles. The van der Waals surface area contributed by atoms with Crippen LogP contribution in [0.1, 0.15) is 374 Å². The highest BCUT2D eigenvalue weighted by Crippen LogP contribution is 2.19. The number of ether oxygens (including phenoxy) is 3. The fraction of sp³-hybridized carbons (Fsp3) is 0.824. The SMILES string of the molecule is CC/C=C\C/C=C\C/C=C\CCCCCC(=O)OCC(COC(=O)CCCCCCCCCCCCCCCCCCCCCCCCCCCCCCCCCCCC)OC(=O)CCCCCCC/C=C\C/C=C\CCCCC. The van der Waals surface area contributed by atoms with Gasteiger partial charge in [0.25, 0.3) is 0 Å². The Labute approximate surface area is 498 Å². The Balaban J connectivity index is 4.08. The molecule has 0 radical (unpaired) electrons. The first-order chi connectivity index (χ1) is 39.5. The Morgan fingerprint density at radius 1 is 0.263 bits per heavy atom. The van der Waals surface area contributed by atoms with E-state index in [2.05, 4.69) is 81.5 Å². The zero-order chi connectivity index (χ0) is 57.8. The molecule has 0 aromatic rings. The van der Waals surface area contributed by atoms with Crippen LogP contribution >= 0.6 is 0 Å². The van der Waals surface area contributed by atoms with Gasteiger partial charge in [-0.15, -0.1) is 0 Å². The standard InChI is InChI=1S/C74H134O6/c1-4-7-10-13-16-19-22-25-27-28-29-30-31-32-33-34-35-36-37-38-39-40-41-42-43-44-45-47-49-52-55-58-61-64-67-73(76)79-70-71(69-78-72(75)66-63-60-57-54-51-48-24-21-18-15-12-9-6-3)80-74(77)68-65-62-59-56-53-50-46-26-23-20-17-14-11-8-5-2/h9,12,17-18,20-21,26,46,48,51,71H,4-8,10-11,13-16,19,22-25,27-45,47,49-50,52-70H2,1-3H3/b12-9-,20-17-,21-18-,46-26-,51-48-. The van der Waals surface area contributed by atoms with Crippen molar-refractivity contribution < 1.29 is 28.6 Å². The molecule has 1 unspecified atom stereocenters. The lowest BCUT2D eigenvalue weighted by Crippen LogP contribution is -2.30. The molecular weight excluding hydrogens is 985 g/mol. The average molecular weight is 1120 g/mol. The van der Waals surface area contributed by atoms with Gasteiger partial charge in [-0.05, 0) is 83.5 Å². The number of carbonyl (C=O) groups is 3. The fourth-order valence-corrected chi connectivity index (χ4v) is 10.5. The molecule has 0 saturated heterocycles. The van der Waals surface area contributed by atoms with Crippen LogP contribution in [0.25, 0.3) is 0 Å². The second-order valence-electron chi connectivity index (χ2n) is 23.8. The molecule has 1 atom stereocenters. The number of esters is 3. The number of allylic oxidation sites excluding steroid dienone is 10. The summed E-state index contributed by atoms with van der Waals surface area (Å²) >= 11 is 0. The second kappa shape index (κ2) is 68.6. The number of unbranched alkanes of at least 4 members (excludes halogenated alkanes) is 44. The van der Waals surface area contributed by atoms with Crippen LogP contribution in [0.4, 0.5) is 0 Å². The van der Waals surface area contributed by atoms with Crippen molar-refractivity contribution in [2.24, 2.45) is 0 Å². The topological polar surface area (TPSA) is 78.9 Å². The monoisotopic (exact) mass is 1120 g/mol. The third-order valence-electron chi connectivity index (χ3n) is 15.8. The molecule has 0 aliphatic heterocycles. The van der Waals surface area contributed by atoms with Gasteiger partial charge in [-0.25, -0.2) is 0 Å². The Kier molecular flexibility index (Phi) is 66.1. The summed E-state index contributed by atoms with van der Waals surface area (Å²) < 4.78 is 16.9. The summed E-state index contributed by atoms with van der Waals surface area (Å²) in [5.41, 5.74) is 0. The summed E-state index contributed by atoms with van der Waals surface area (Å²) in [4.78, 5) is 38.3. The zero-order valence-corrected chi connectivity index (χ0v) is 53.6. The first kappa shape index (κ1) is 77.1. The van der Waals surface area contributed by atoms with Crippen LogP contribution in [-0.2, 0) is 28.6 Å². The summed E-state index contributed by atoms with van der Waals surface area (Å²) in [6, 6.07) is 0. The van der Waals surface area contributed by atoms with E-state index in [-0.39, 0.29) is 31.1 Å². The average Bonchev–Trinajstić information content (AvgIpc) is 3.46. The lowest BCUT2D eigenvalue weighted by Gasteiger charge is -2.18. The molecule has 0 spiro atoms. The normalized spacial score (nSPS) is 12.4. The Morgan fingerprint density at radius 3 is 0.800 bits per heavy atom. The number of hydrogen-bond acceptors (Lipinski definition) is 6.